The van der Waals surface area contributed by atoms with Crippen molar-refractivity contribution in [3.05, 3.63) is 24.6 Å². The average molecular weight is 287 g/mol. The van der Waals surface area contributed by atoms with Crippen molar-refractivity contribution in [1.82, 2.24) is 0 Å². The summed E-state index contributed by atoms with van der Waals surface area (Å²) in [6.45, 7) is 28.9. The van der Waals surface area contributed by atoms with Crippen molar-refractivity contribution in [2.75, 3.05) is 0 Å². The molecular weight excluding hydrogens is 256 g/mol. The van der Waals surface area contributed by atoms with Gasteiger partial charge in [-0.25, -0.2) is 0 Å². The Kier molecular flexibility index (Phi) is 4.65. The van der Waals surface area contributed by atoms with E-state index in [9.17, 15) is 0 Å². The summed E-state index contributed by atoms with van der Waals surface area (Å²) >= 11 is 0. The normalized spacial score (nSPS) is 20.8. The topological polar surface area (TPSA) is 0 Å². The Hall–Kier alpha value is 0.348. The zero-order valence-electron chi connectivity index (χ0n) is 12.6. The largest absolute Gasteiger partial charge is 0.107 e. The lowest BCUT2D eigenvalue weighted by atomic mass is 11.3. The molecule has 0 rings (SSSR count). The van der Waals surface area contributed by atoms with Crippen LogP contribution in [-0.2, 0) is 0 Å². The fraction of sp³-hybridized carbons (Fsp3) is 0.667. The Labute approximate surface area is 106 Å². The predicted molar refractivity (Wildman–Crippen MR) is 90.3 cm³/mol. The number of rotatable bonds is 5. The van der Waals surface area contributed by atoms with Crippen molar-refractivity contribution in [3.63, 3.8) is 0 Å². The van der Waals surface area contributed by atoms with Gasteiger partial charge in [0.05, 0.1) is 14.2 Å². The van der Waals surface area contributed by atoms with E-state index in [1.54, 1.807) is 0 Å². The molecule has 0 nitrogen and oxygen atoms in total. The molecule has 0 aliphatic carbocycles. The lowest BCUT2D eigenvalue weighted by Gasteiger charge is -2.53. The minimum absolute atomic E-state index is 1.13. The first-order valence-corrected chi connectivity index (χ1v) is 21.3. The van der Waals surface area contributed by atoms with Gasteiger partial charge in [-0.2, -0.15) is 0 Å². The maximum Gasteiger partial charge on any atom is 0.0633 e. The van der Waals surface area contributed by atoms with Crippen molar-refractivity contribution >= 4 is 29.4 Å². The third kappa shape index (κ3) is 2.30. The molecule has 0 saturated heterocycles. The molecule has 0 aliphatic rings. The molecule has 0 aromatic heterocycles. The summed E-state index contributed by atoms with van der Waals surface area (Å²) in [5.41, 5.74) is 4.82. The molecule has 2 unspecified atom stereocenters. The Morgan fingerprint density at radius 2 is 0.750 bits per heavy atom. The standard InChI is InChI=1S/C12H30Si4/c1-11-15(9,13(3,4)5)16(10,12-2)14(6,7)8/h11-12H,1-2H2,3-10H3. The molecule has 0 aliphatic heterocycles. The van der Waals surface area contributed by atoms with Crippen LogP contribution in [-0.4, -0.2) is 29.4 Å². The second-order valence-electron chi connectivity index (χ2n) is 7.31. The van der Waals surface area contributed by atoms with Crippen LogP contribution >= 0.6 is 0 Å². The van der Waals surface area contributed by atoms with Gasteiger partial charge in [0, 0.05) is 15.2 Å². The van der Waals surface area contributed by atoms with E-state index < -0.39 is 29.4 Å². The Bertz CT molecular complexity index is 254. The fourth-order valence-electron chi connectivity index (χ4n) is 2.59. The zero-order chi connectivity index (χ0) is 13.4. The van der Waals surface area contributed by atoms with Gasteiger partial charge in [-0.1, -0.05) is 52.4 Å². The second-order valence-corrected chi connectivity index (χ2v) is 46.4. The highest BCUT2D eigenvalue weighted by molar-refractivity contribution is 7.85. The summed E-state index contributed by atoms with van der Waals surface area (Å²) in [5, 5.41) is 0. The van der Waals surface area contributed by atoms with Gasteiger partial charge in [0.2, 0.25) is 0 Å². The molecule has 0 aromatic carbocycles. The first kappa shape index (κ1) is 16.3. The van der Waals surface area contributed by atoms with Gasteiger partial charge in [-0.15, -0.1) is 24.6 Å². The molecule has 0 spiro atoms. The van der Waals surface area contributed by atoms with Crippen LogP contribution in [0, 0.1) is 0 Å². The first-order chi connectivity index (χ1) is 6.87. The molecule has 0 heterocycles. The Morgan fingerprint density at radius 3 is 0.812 bits per heavy atom. The SMILES string of the molecule is C=C[Si](C)([Si](C)(C)C)[Si](C)(C=C)[Si](C)(C)C. The minimum atomic E-state index is -1.33. The van der Waals surface area contributed by atoms with Gasteiger partial charge in [0.25, 0.3) is 0 Å². The van der Waals surface area contributed by atoms with Gasteiger partial charge < -0.3 is 0 Å². The highest BCUT2D eigenvalue weighted by Crippen LogP contribution is 2.36. The van der Waals surface area contributed by atoms with E-state index in [-0.39, 0.29) is 0 Å². The van der Waals surface area contributed by atoms with Crippen molar-refractivity contribution < 1.29 is 0 Å². The van der Waals surface area contributed by atoms with Gasteiger partial charge in [-0.05, 0) is 0 Å². The molecule has 0 N–H and O–H groups in total. The first-order valence-electron chi connectivity index (χ1n) is 6.14. The molecule has 4 heteroatoms. The van der Waals surface area contributed by atoms with Crippen molar-refractivity contribution in [2.24, 2.45) is 0 Å². The minimum Gasteiger partial charge on any atom is -0.107 e. The van der Waals surface area contributed by atoms with E-state index in [0.717, 1.165) is 0 Å². The summed E-state index contributed by atoms with van der Waals surface area (Å²) in [7, 11) is -4.92. The van der Waals surface area contributed by atoms with Crippen LogP contribution in [0.1, 0.15) is 0 Å². The van der Waals surface area contributed by atoms with E-state index in [1.165, 1.54) is 0 Å². The average Bonchev–Trinajstić information content (AvgIpc) is 2.11. The molecule has 0 saturated carbocycles. The molecule has 0 amide bonds. The molecule has 16 heavy (non-hydrogen) atoms. The highest BCUT2D eigenvalue weighted by atomic mass is 29.8. The molecule has 94 valence electrons. The quantitative estimate of drug-likeness (QED) is 0.653. The maximum atomic E-state index is 4.23. The van der Waals surface area contributed by atoms with E-state index >= 15 is 0 Å². The number of hydrogen-bond donors (Lipinski definition) is 0. The van der Waals surface area contributed by atoms with E-state index in [0.29, 0.717) is 0 Å². The maximum absolute atomic E-state index is 4.23. The van der Waals surface area contributed by atoms with Crippen LogP contribution < -0.4 is 0 Å². The van der Waals surface area contributed by atoms with Crippen molar-refractivity contribution in [1.29, 1.82) is 0 Å². The van der Waals surface area contributed by atoms with Crippen LogP contribution in [0.2, 0.25) is 52.4 Å². The zero-order valence-corrected chi connectivity index (χ0v) is 16.6. The van der Waals surface area contributed by atoms with E-state index in [1.807, 2.05) is 0 Å². The van der Waals surface area contributed by atoms with Crippen LogP contribution in [0.25, 0.3) is 0 Å². The number of hydrogen-bond acceptors (Lipinski definition) is 0. The molecule has 0 radical (unpaired) electrons. The molecular formula is C12H30Si4. The summed E-state index contributed by atoms with van der Waals surface area (Å²) < 4.78 is 0. The Balaban J connectivity index is 5.90. The van der Waals surface area contributed by atoms with E-state index in [4.69, 9.17) is 0 Å². The van der Waals surface area contributed by atoms with Crippen molar-refractivity contribution in [2.45, 2.75) is 52.4 Å². The van der Waals surface area contributed by atoms with Crippen LogP contribution in [0.3, 0.4) is 0 Å². The van der Waals surface area contributed by atoms with E-state index in [2.05, 4.69) is 76.9 Å². The molecule has 0 fully saturated rings. The fourth-order valence-corrected chi connectivity index (χ4v) is 73.5. The second kappa shape index (κ2) is 4.55. The van der Waals surface area contributed by atoms with Gasteiger partial charge in [0.1, 0.15) is 0 Å². The third-order valence-corrected chi connectivity index (χ3v) is 67.8. The molecule has 0 bridgehead atoms. The predicted octanol–water partition coefficient (Wildman–Crippen LogP) is 4.51. The summed E-state index contributed by atoms with van der Waals surface area (Å²) in [5.74, 6) is 0. The van der Waals surface area contributed by atoms with Gasteiger partial charge in [-0.3, -0.25) is 0 Å². The third-order valence-electron chi connectivity index (χ3n) is 5.01. The van der Waals surface area contributed by atoms with Crippen molar-refractivity contribution in [3.8, 4) is 0 Å². The van der Waals surface area contributed by atoms with Gasteiger partial charge >= 0.3 is 0 Å². The Morgan fingerprint density at radius 1 is 0.562 bits per heavy atom. The summed E-state index contributed by atoms with van der Waals surface area (Å²) in [4.78, 5) is 0. The molecule has 0 aromatic rings. The summed E-state index contributed by atoms with van der Waals surface area (Å²) in [6, 6.07) is 0. The smallest absolute Gasteiger partial charge is 0.0633 e. The lowest BCUT2D eigenvalue weighted by Crippen LogP contribution is -2.78. The molecule has 2 atom stereocenters. The van der Waals surface area contributed by atoms with Crippen LogP contribution in [0.15, 0.2) is 24.6 Å². The van der Waals surface area contributed by atoms with Crippen LogP contribution in [0.4, 0.5) is 0 Å². The monoisotopic (exact) mass is 286 g/mol. The van der Waals surface area contributed by atoms with Gasteiger partial charge in [0.15, 0.2) is 0 Å². The van der Waals surface area contributed by atoms with Crippen LogP contribution in [0.5, 0.6) is 0 Å². The summed E-state index contributed by atoms with van der Waals surface area (Å²) in [6.07, 6.45) is 0. The highest BCUT2D eigenvalue weighted by Gasteiger charge is 2.57. The lowest BCUT2D eigenvalue weighted by molar-refractivity contribution is 1.76.